The van der Waals surface area contributed by atoms with E-state index < -0.39 is 5.97 Å². The Kier molecular flexibility index (Phi) is 2.62. The highest BCUT2D eigenvalue weighted by molar-refractivity contribution is 7.04. The van der Waals surface area contributed by atoms with E-state index in [9.17, 15) is 4.79 Å². The van der Waals surface area contributed by atoms with E-state index in [1.165, 1.54) is 17.6 Å². The van der Waals surface area contributed by atoms with Crippen LogP contribution in [0.25, 0.3) is 11.3 Å². The smallest absolute Gasteiger partial charge is 0.338 e. The molecule has 0 atom stereocenters. The molecule has 0 saturated heterocycles. The summed E-state index contributed by atoms with van der Waals surface area (Å²) >= 11 is 1.07. The molecule has 2 rings (SSSR count). The third kappa shape index (κ3) is 1.76. The van der Waals surface area contributed by atoms with Gasteiger partial charge in [0.15, 0.2) is 0 Å². The van der Waals surface area contributed by atoms with Gasteiger partial charge in [0.25, 0.3) is 0 Å². The van der Waals surface area contributed by atoms with Gasteiger partial charge >= 0.3 is 5.97 Å². The summed E-state index contributed by atoms with van der Waals surface area (Å²) < 4.78 is 4.01. The van der Waals surface area contributed by atoms with Crippen molar-refractivity contribution < 1.29 is 9.90 Å². The topological polar surface area (TPSA) is 86.9 Å². The molecule has 0 amide bonds. The van der Waals surface area contributed by atoms with Crippen LogP contribution in [0.2, 0.25) is 0 Å². The average Bonchev–Trinajstić information content (AvgIpc) is 2.78. The zero-order valence-electron chi connectivity index (χ0n) is 7.91. The fourth-order valence-corrected chi connectivity index (χ4v) is 1.92. The van der Waals surface area contributed by atoms with E-state index in [2.05, 4.69) is 9.36 Å². The minimum Gasteiger partial charge on any atom is -0.478 e. The lowest BCUT2D eigenvalue weighted by molar-refractivity contribution is 0.0698. The van der Waals surface area contributed by atoms with Crippen LogP contribution in [-0.4, -0.2) is 20.4 Å². The van der Waals surface area contributed by atoms with Gasteiger partial charge in [0, 0.05) is 17.1 Å². The van der Waals surface area contributed by atoms with E-state index in [1.807, 2.05) is 6.07 Å². The summed E-state index contributed by atoms with van der Waals surface area (Å²) in [6.07, 6.45) is 1.46. The Labute approximate surface area is 94.8 Å². The van der Waals surface area contributed by atoms with Crippen molar-refractivity contribution in [2.75, 3.05) is 0 Å². The van der Waals surface area contributed by atoms with E-state index in [1.54, 1.807) is 6.07 Å². The van der Waals surface area contributed by atoms with Crippen molar-refractivity contribution >= 4 is 17.5 Å². The summed E-state index contributed by atoms with van der Waals surface area (Å²) in [5.74, 6) is -1.03. The molecule has 78 valence electrons. The molecule has 5 nitrogen and oxygen atoms in total. The maximum Gasteiger partial charge on any atom is 0.338 e. The second kappa shape index (κ2) is 4.08. The van der Waals surface area contributed by atoms with Gasteiger partial charge in [0.05, 0.1) is 11.3 Å². The van der Waals surface area contributed by atoms with Crippen LogP contribution in [0.1, 0.15) is 16.1 Å². The lowest BCUT2D eigenvalue weighted by atomic mass is 10.1. The highest BCUT2D eigenvalue weighted by Gasteiger charge is 2.14. The Morgan fingerprint density at radius 3 is 3.06 bits per heavy atom. The van der Waals surface area contributed by atoms with Crippen LogP contribution in [0.3, 0.4) is 0 Å². The molecular weight excluding hydrogens is 226 g/mol. The number of carboxylic acids is 1. The third-order valence-corrected chi connectivity index (χ3v) is 2.58. The molecule has 16 heavy (non-hydrogen) atoms. The summed E-state index contributed by atoms with van der Waals surface area (Å²) in [5, 5.41) is 19.1. The molecular formula is C10H5N3O2S. The van der Waals surface area contributed by atoms with Gasteiger partial charge in [-0.15, -0.1) is 0 Å². The molecule has 1 N–H and O–H groups in total. The largest absolute Gasteiger partial charge is 0.478 e. The van der Waals surface area contributed by atoms with Gasteiger partial charge < -0.3 is 5.11 Å². The quantitative estimate of drug-likeness (QED) is 0.851. The van der Waals surface area contributed by atoms with Crippen LogP contribution < -0.4 is 0 Å². The van der Waals surface area contributed by atoms with Crippen molar-refractivity contribution in [2.24, 2.45) is 0 Å². The van der Waals surface area contributed by atoms with Crippen LogP contribution >= 0.6 is 11.5 Å². The molecule has 2 heterocycles. The van der Waals surface area contributed by atoms with Crippen molar-refractivity contribution in [2.45, 2.75) is 0 Å². The summed E-state index contributed by atoms with van der Waals surface area (Å²) in [4.78, 5) is 14.7. The number of carbonyl (C=O) groups is 1. The number of nitrogens with zero attached hydrogens (tertiary/aromatic N) is 3. The van der Waals surface area contributed by atoms with Crippen molar-refractivity contribution in [3.8, 4) is 17.3 Å². The average molecular weight is 231 g/mol. The Hall–Kier alpha value is -2.26. The van der Waals surface area contributed by atoms with E-state index >= 15 is 0 Å². The lowest BCUT2D eigenvalue weighted by Crippen LogP contribution is -1.97. The number of aromatic nitrogens is 2. The van der Waals surface area contributed by atoms with E-state index in [4.69, 9.17) is 10.4 Å². The van der Waals surface area contributed by atoms with Crippen molar-refractivity contribution in [3.63, 3.8) is 0 Å². The van der Waals surface area contributed by atoms with Gasteiger partial charge in [-0.25, -0.2) is 9.78 Å². The highest BCUT2D eigenvalue weighted by atomic mass is 32.1. The zero-order valence-corrected chi connectivity index (χ0v) is 8.73. The third-order valence-electron chi connectivity index (χ3n) is 1.95. The summed E-state index contributed by atoms with van der Waals surface area (Å²) in [7, 11) is 0. The Balaban J connectivity index is 2.55. The van der Waals surface area contributed by atoms with Gasteiger partial charge in [-0.1, -0.05) is 0 Å². The maximum atomic E-state index is 10.9. The van der Waals surface area contributed by atoms with Crippen LogP contribution in [0, 0.1) is 11.3 Å². The fourth-order valence-electron chi connectivity index (χ4n) is 1.24. The van der Waals surface area contributed by atoms with Gasteiger partial charge in [0.1, 0.15) is 11.8 Å². The molecule has 0 radical (unpaired) electrons. The number of carboxylic acid groups (broad SMARTS) is 1. The highest BCUT2D eigenvalue weighted by Crippen LogP contribution is 2.24. The number of hydrogen-bond acceptors (Lipinski definition) is 5. The van der Waals surface area contributed by atoms with Gasteiger partial charge in [-0.05, 0) is 23.7 Å². The number of pyridine rings is 1. The second-order valence-electron chi connectivity index (χ2n) is 2.92. The summed E-state index contributed by atoms with van der Waals surface area (Å²) in [6, 6.07) is 5.04. The number of nitriles is 1. The molecule has 0 aliphatic heterocycles. The molecule has 0 aliphatic carbocycles. The molecule has 0 aromatic carbocycles. The first-order chi connectivity index (χ1) is 7.72. The predicted molar refractivity (Wildman–Crippen MR) is 57.0 cm³/mol. The monoisotopic (exact) mass is 231 g/mol. The molecule has 6 heteroatoms. The number of rotatable bonds is 2. The molecule has 0 fully saturated rings. The second-order valence-corrected chi connectivity index (χ2v) is 3.55. The number of aromatic carboxylic acids is 1. The standard InChI is InChI=1S/C10H5N3O2S/c11-4-7-3-6(1-2-12-7)9-8(10(14)15)5-16-13-9/h1-3,5H,(H,14,15). The predicted octanol–water partition coefficient (Wildman–Crippen LogP) is 1.77. The molecule has 2 aromatic rings. The first-order valence-corrected chi connectivity index (χ1v) is 5.10. The normalized spacial score (nSPS) is 9.69. The maximum absolute atomic E-state index is 10.9. The Morgan fingerprint density at radius 1 is 1.56 bits per heavy atom. The van der Waals surface area contributed by atoms with E-state index in [-0.39, 0.29) is 11.3 Å². The van der Waals surface area contributed by atoms with E-state index in [0.717, 1.165) is 11.5 Å². The molecule has 0 bridgehead atoms. The molecule has 0 aliphatic rings. The van der Waals surface area contributed by atoms with E-state index in [0.29, 0.717) is 11.3 Å². The Bertz CT molecular complexity index is 586. The fraction of sp³-hybridized carbons (Fsp3) is 0. The van der Waals surface area contributed by atoms with Gasteiger partial charge in [0.2, 0.25) is 0 Å². The summed E-state index contributed by atoms with van der Waals surface area (Å²) in [6.45, 7) is 0. The molecule has 0 unspecified atom stereocenters. The Morgan fingerprint density at radius 2 is 2.38 bits per heavy atom. The molecule has 0 spiro atoms. The zero-order chi connectivity index (χ0) is 11.5. The SMILES string of the molecule is N#Cc1cc(-c2nscc2C(=O)O)ccn1. The van der Waals surface area contributed by atoms with Crippen LogP contribution in [0.5, 0.6) is 0 Å². The minimum absolute atomic E-state index is 0.139. The van der Waals surface area contributed by atoms with Crippen molar-refractivity contribution in [3.05, 3.63) is 35.0 Å². The first kappa shape index (κ1) is 10.3. The van der Waals surface area contributed by atoms with Crippen molar-refractivity contribution in [1.82, 2.24) is 9.36 Å². The minimum atomic E-state index is -1.03. The first-order valence-electron chi connectivity index (χ1n) is 4.26. The van der Waals surface area contributed by atoms with Gasteiger partial charge in [-0.2, -0.15) is 9.64 Å². The van der Waals surface area contributed by atoms with Gasteiger partial charge in [-0.3, -0.25) is 0 Å². The van der Waals surface area contributed by atoms with Crippen molar-refractivity contribution in [1.29, 1.82) is 5.26 Å². The molecule has 0 saturated carbocycles. The van der Waals surface area contributed by atoms with Crippen LogP contribution in [0.4, 0.5) is 0 Å². The summed E-state index contributed by atoms with van der Waals surface area (Å²) in [5.41, 5.74) is 1.34. The van der Waals surface area contributed by atoms with Crippen LogP contribution in [0.15, 0.2) is 23.7 Å². The molecule has 2 aromatic heterocycles. The lowest BCUT2D eigenvalue weighted by Gasteiger charge is -1.98. The number of hydrogen-bond donors (Lipinski definition) is 1. The van der Waals surface area contributed by atoms with Crippen LogP contribution in [-0.2, 0) is 0 Å².